The maximum atomic E-state index is 5.87. The summed E-state index contributed by atoms with van der Waals surface area (Å²) in [5.74, 6) is 0.660. The summed E-state index contributed by atoms with van der Waals surface area (Å²) in [6.45, 7) is 2.12. The molecule has 1 atom stereocenters. The number of anilines is 2. The second kappa shape index (κ2) is 6.43. The highest BCUT2D eigenvalue weighted by molar-refractivity contribution is 6.29. The van der Waals surface area contributed by atoms with Crippen LogP contribution in [0.2, 0.25) is 5.15 Å². The van der Waals surface area contributed by atoms with Crippen LogP contribution in [0.3, 0.4) is 0 Å². The van der Waals surface area contributed by atoms with Gasteiger partial charge in [0.25, 0.3) is 0 Å². The number of nitrogens with two attached hydrogens (primary N) is 1. The lowest BCUT2D eigenvalue weighted by Gasteiger charge is -2.16. The molecule has 0 aliphatic rings. The van der Waals surface area contributed by atoms with Gasteiger partial charge < -0.3 is 11.1 Å². The van der Waals surface area contributed by atoms with Crippen molar-refractivity contribution in [3.8, 4) is 0 Å². The molecular weight excluding hydrogens is 258 g/mol. The first kappa shape index (κ1) is 13.7. The van der Waals surface area contributed by atoms with Crippen LogP contribution in [0.15, 0.2) is 42.5 Å². The van der Waals surface area contributed by atoms with Gasteiger partial charge in [-0.25, -0.2) is 4.98 Å². The van der Waals surface area contributed by atoms with Crippen molar-refractivity contribution in [3.63, 3.8) is 0 Å². The number of rotatable bonds is 5. The smallest absolute Gasteiger partial charge is 0.151 e. The predicted molar refractivity (Wildman–Crippen MR) is 81.5 cm³/mol. The van der Waals surface area contributed by atoms with Gasteiger partial charge in [0.1, 0.15) is 5.15 Å². The van der Waals surface area contributed by atoms with Crippen LogP contribution in [-0.2, 0) is 6.42 Å². The van der Waals surface area contributed by atoms with Crippen molar-refractivity contribution in [2.75, 3.05) is 11.1 Å². The lowest BCUT2D eigenvalue weighted by Crippen LogP contribution is -2.18. The van der Waals surface area contributed by atoms with Crippen LogP contribution in [0.4, 0.5) is 11.5 Å². The highest BCUT2D eigenvalue weighted by atomic mass is 35.5. The monoisotopic (exact) mass is 275 g/mol. The summed E-state index contributed by atoms with van der Waals surface area (Å²) in [6.07, 6.45) is 2.03. The van der Waals surface area contributed by atoms with Gasteiger partial charge in [-0.15, -0.1) is 0 Å². The fourth-order valence-corrected chi connectivity index (χ4v) is 2.04. The molecule has 100 valence electrons. The minimum absolute atomic E-state index is 0.286. The average Bonchev–Trinajstić information content (AvgIpc) is 2.42. The topological polar surface area (TPSA) is 50.9 Å². The molecule has 0 saturated carbocycles. The summed E-state index contributed by atoms with van der Waals surface area (Å²) >= 11 is 5.87. The second-order valence-electron chi connectivity index (χ2n) is 4.64. The van der Waals surface area contributed by atoms with Gasteiger partial charge in [-0.3, -0.25) is 0 Å². The molecule has 0 aliphatic carbocycles. The fourth-order valence-electron chi connectivity index (χ4n) is 1.90. The van der Waals surface area contributed by atoms with Crippen molar-refractivity contribution in [3.05, 3.63) is 53.2 Å². The minimum atomic E-state index is 0.286. The number of nitrogens with one attached hydrogen (secondary N) is 1. The Kier molecular flexibility index (Phi) is 4.63. The molecule has 1 aromatic carbocycles. The largest absolute Gasteiger partial charge is 0.396 e. The Hall–Kier alpha value is -1.74. The van der Waals surface area contributed by atoms with Gasteiger partial charge in [-0.05, 0) is 37.5 Å². The van der Waals surface area contributed by atoms with Crippen molar-refractivity contribution < 1.29 is 0 Å². The van der Waals surface area contributed by atoms with Gasteiger partial charge in [-0.1, -0.05) is 41.9 Å². The SMILES string of the molecule is CC(CCc1ccccc1)Nc1nc(Cl)ccc1N. The molecule has 0 bridgehead atoms. The van der Waals surface area contributed by atoms with Crippen LogP contribution < -0.4 is 11.1 Å². The third kappa shape index (κ3) is 4.14. The summed E-state index contributed by atoms with van der Waals surface area (Å²) in [5, 5.41) is 3.75. The number of aromatic nitrogens is 1. The Morgan fingerprint density at radius 3 is 2.68 bits per heavy atom. The summed E-state index contributed by atoms with van der Waals surface area (Å²) < 4.78 is 0. The van der Waals surface area contributed by atoms with Gasteiger partial charge in [0.15, 0.2) is 5.82 Å². The fraction of sp³-hybridized carbons (Fsp3) is 0.267. The zero-order chi connectivity index (χ0) is 13.7. The lowest BCUT2D eigenvalue weighted by atomic mass is 10.1. The molecule has 0 radical (unpaired) electrons. The van der Waals surface area contributed by atoms with Crippen LogP contribution in [0.5, 0.6) is 0 Å². The van der Waals surface area contributed by atoms with E-state index in [0.29, 0.717) is 16.7 Å². The van der Waals surface area contributed by atoms with Gasteiger partial charge in [0, 0.05) is 6.04 Å². The summed E-state index contributed by atoms with van der Waals surface area (Å²) in [6, 6.07) is 14.2. The van der Waals surface area contributed by atoms with E-state index in [9.17, 15) is 0 Å². The minimum Gasteiger partial charge on any atom is -0.396 e. The number of benzene rings is 1. The number of aryl methyl sites for hydroxylation is 1. The van der Waals surface area contributed by atoms with Gasteiger partial charge in [0.05, 0.1) is 5.69 Å². The van der Waals surface area contributed by atoms with E-state index in [-0.39, 0.29) is 6.04 Å². The molecule has 1 unspecified atom stereocenters. The molecule has 0 spiro atoms. The Morgan fingerprint density at radius 1 is 1.21 bits per heavy atom. The van der Waals surface area contributed by atoms with E-state index < -0.39 is 0 Å². The second-order valence-corrected chi connectivity index (χ2v) is 5.03. The van der Waals surface area contributed by atoms with Crippen LogP contribution in [-0.4, -0.2) is 11.0 Å². The van der Waals surface area contributed by atoms with Crippen molar-refractivity contribution in [1.82, 2.24) is 4.98 Å². The number of halogens is 1. The van der Waals surface area contributed by atoms with Gasteiger partial charge in [0.2, 0.25) is 0 Å². The van der Waals surface area contributed by atoms with E-state index >= 15 is 0 Å². The number of hydrogen-bond acceptors (Lipinski definition) is 3. The molecule has 19 heavy (non-hydrogen) atoms. The molecule has 1 heterocycles. The molecular formula is C15H18ClN3. The zero-order valence-corrected chi connectivity index (χ0v) is 11.7. The number of nitrogen functional groups attached to an aromatic ring is 1. The van der Waals surface area contributed by atoms with Crippen LogP contribution in [0.1, 0.15) is 18.9 Å². The molecule has 3 N–H and O–H groups in total. The molecule has 0 saturated heterocycles. The lowest BCUT2D eigenvalue weighted by molar-refractivity contribution is 0.703. The van der Waals surface area contributed by atoms with E-state index in [1.54, 1.807) is 12.1 Å². The number of pyridine rings is 1. The van der Waals surface area contributed by atoms with E-state index in [4.69, 9.17) is 17.3 Å². The summed E-state index contributed by atoms with van der Waals surface area (Å²) in [7, 11) is 0. The van der Waals surface area contributed by atoms with Crippen molar-refractivity contribution in [2.45, 2.75) is 25.8 Å². The predicted octanol–water partition coefficient (Wildman–Crippen LogP) is 3.75. The van der Waals surface area contributed by atoms with Crippen LogP contribution in [0, 0.1) is 0 Å². The highest BCUT2D eigenvalue weighted by Gasteiger charge is 2.07. The third-order valence-corrected chi connectivity index (χ3v) is 3.19. The Labute approximate surface area is 118 Å². The van der Waals surface area contributed by atoms with E-state index in [0.717, 1.165) is 12.8 Å². The van der Waals surface area contributed by atoms with Crippen LogP contribution in [0.25, 0.3) is 0 Å². The van der Waals surface area contributed by atoms with Crippen molar-refractivity contribution >= 4 is 23.1 Å². The molecule has 2 aromatic rings. The van der Waals surface area contributed by atoms with E-state index in [1.165, 1.54) is 5.56 Å². The normalized spacial score (nSPS) is 12.1. The first-order valence-electron chi connectivity index (χ1n) is 6.37. The van der Waals surface area contributed by atoms with E-state index in [1.807, 2.05) is 6.07 Å². The molecule has 3 nitrogen and oxygen atoms in total. The standard InChI is InChI=1S/C15H18ClN3/c1-11(7-8-12-5-3-2-4-6-12)18-15-13(17)9-10-14(16)19-15/h2-6,9-11H,7-8,17H2,1H3,(H,18,19). The first-order chi connectivity index (χ1) is 9.15. The molecule has 1 aromatic heterocycles. The molecule has 0 amide bonds. The van der Waals surface area contributed by atoms with Crippen molar-refractivity contribution in [1.29, 1.82) is 0 Å². The van der Waals surface area contributed by atoms with Crippen LogP contribution >= 0.6 is 11.6 Å². The van der Waals surface area contributed by atoms with Gasteiger partial charge >= 0.3 is 0 Å². The third-order valence-electron chi connectivity index (χ3n) is 2.98. The maximum Gasteiger partial charge on any atom is 0.151 e. The molecule has 4 heteroatoms. The van der Waals surface area contributed by atoms with Gasteiger partial charge in [-0.2, -0.15) is 0 Å². The summed E-state index contributed by atoms with van der Waals surface area (Å²) in [5.41, 5.74) is 7.82. The Balaban J connectivity index is 1.90. The number of nitrogens with zero attached hydrogens (tertiary/aromatic N) is 1. The highest BCUT2D eigenvalue weighted by Crippen LogP contribution is 2.20. The molecule has 2 rings (SSSR count). The Bertz CT molecular complexity index is 528. The molecule has 0 aliphatic heterocycles. The quantitative estimate of drug-likeness (QED) is 0.817. The van der Waals surface area contributed by atoms with E-state index in [2.05, 4.69) is 41.5 Å². The zero-order valence-electron chi connectivity index (χ0n) is 10.9. The van der Waals surface area contributed by atoms with Crippen molar-refractivity contribution in [2.24, 2.45) is 0 Å². The Morgan fingerprint density at radius 2 is 1.95 bits per heavy atom. The maximum absolute atomic E-state index is 5.87. The molecule has 0 fully saturated rings. The first-order valence-corrected chi connectivity index (χ1v) is 6.75. The summed E-state index contributed by atoms with van der Waals surface area (Å²) in [4.78, 5) is 4.20. The number of hydrogen-bond donors (Lipinski definition) is 2. The average molecular weight is 276 g/mol.